The van der Waals surface area contributed by atoms with E-state index in [0.29, 0.717) is 24.3 Å². The molecule has 0 saturated heterocycles. The Labute approximate surface area is 155 Å². The van der Waals surface area contributed by atoms with E-state index in [0.717, 1.165) is 24.6 Å². The van der Waals surface area contributed by atoms with Crippen LogP contribution >= 0.6 is 0 Å². The number of aromatic amines is 1. The van der Waals surface area contributed by atoms with E-state index in [-0.39, 0.29) is 23.0 Å². The van der Waals surface area contributed by atoms with E-state index in [9.17, 15) is 14.0 Å². The molecule has 0 saturated carbocycles. The van der Waals surface area contributed by atoms with Gasteiger partial charge in [0.25, 0.3) is 5.56 Å². The summed E-state index contributed by atoms with van der Waals surface area (Å²) < 4.78 is 18.0. The highest BCUT2D eigenvalue weighted by Crippen LogP contribution is 2.26. The van der Waals surface area contributed by atoms with Gasteiger partial charge < -0.3 is 0 Å². The van der Waals surface area contributed by atoms with E-state index in [1.807, 2.05) is 23.3 Å². The summed E-state index contributed by atoms with van der Waals surface area (Å²) in [6.45, 7) is 5.76. The molecule has 0 radical (unpaired) electrons. The minimum absolute atomic E-state index is 0.184. The van der Waals surface area contributed by atoms with E-state index in [4.69, 9.17) is 0 Å². The van der Waals surface area contributed by atoms with Crippen LogP contribution < -0.4 is 20.7 Å². The summed E-state index contributed by atoms with van der Waals surface area (Å²) in [5.74, 6) is 0.625. The number of imidazole rings is 1. The Morgan fingerprint density at radius 2 is 1.93 bits per heavy atom. The van der Waals surface area contributed by atoms with Gasteiger partial charge in [0.1, 0.15) is 11.5 Å². The Morgan fingerprint density at radius 3 is 2.59 bits per heavy atom. The van der Waals surface area contributed by atoms with Gasteiger partial charge in [0.15, 0.2) is 0 Å². The van der Waals surface area contributed by atoms with E-state index in [1.54, 1.807) is 19.2 Å². The van der Waals surface area contributed by atoms with Crippen LogP contribution in [0.4, 0.5) is 16.0 Å². The first-order valence-corrected chi connectivity index (χ1v) is 9.17. The number of nitrogens with one attached hydrogen (secondary N) is 1. The van der Waals surface area contributed by atoms with Gasteiger partial charge in [0.05, 0.1) is 13.1 Å². The molecule has 7 nitrogen and oxygen atoms in total. The number of halogens is 1. The van der Waals surface area contributed by atoms with Crippen molar-refractivity contribution in [3.05, 3.63) is 50.9 Å². The molecule has 0 atom stereocenters. The fraction of sp³-hybridized carbons (Fsp3) is 0.421. The largest absolute Gasteiger partial charge is 0.364 e. The van der Waals surface area contributed by atoms with Crippen LogP contribution in [0, 0.1) is 11.7 Å². The van der Waals surface area contributed by atoms with Crippen LogP contribution in [0.15, 0.2) is 33.9 Å². The van der Waals surface area contributed by atoms with Crippen molar-refractivity contribution < 1.29 is 8.96 Å². The minimum atomic E-state index is -0.325. The molecule has 8 heteroatoms. The summed E-state index contributed by atoms with van der Waals surface area (Å²) in [7, 11) is 1.67. The predicted molar refractivity (Wildman–Crippen MR) is 101 cm³/mol. The number of nitrogens with zero attached hydrogens (tertiary/aromatic N) is 4. The molecule has 1 N–H and O–H groups in total. The van der Waals surface area contributed by atoms with Crippen molar-refractivity contribution in [1.82, 2.24) is 14.1 Å². The van der Waals surface area contributed by atoms with Gasteiger partial charge in [-0.1, -0.05) is 13.8 Å². The molecule has 142 valence electrons. The highest BCUT2D eigenvalue weighted by Gasteiger charge is 2.33. The SMILES string of the molecule is CC(C)Cn1c(=O)c2c([nH]c3[n+]2CCCN3c2ccc(F)cc2)n(C)c1=O. The summed E-state index contributed by atoms with van der Waals surface area (Å²) >= 11 is 0. The third kappa shape index (κ3) is 2.75. The number of aryl methyl sites for hydroxylation is 2. The van der Waals surface area contributed by atoms with Crippen molar-refractivity contribution in [2.24, 2.45) is 13.0 Å². The third-order valence-electron chi connectivity index (χ3n) is 4.99. The van der Waals surface area contributed by atoms with Crippen LogP contribution in [0.2, 0.25) is 0 Å². The summed E-state index contributed by atoms with van der Waals surface area (Å²) in [6.07, 6.45) is 0.842. The smallest absolute Gasteiger partial charge is 0.267 e. The number of fused-ring (bicyclic) bond motifs is 3. The van der Waals surface area contributed by atoms with Crippen molar-refractivity contribution >= 4 is 22.8 Å². The van der Waals surface area contributed by atoms with Crippen molar-refractivity contribution in [2.45, 2.75) is 33.4 Å². The minimum Gasteiger partial charge on any atom is -0.267 e. The molecule has 4 rings (SSSR count). The van der Waals surface area contributed by atoms with Crippen LogP contribution in [0.3, 0.4) is 0 Å². The Morgan fingerprint density at radius 1 is 1.22 bits per heavy atom. The van der Waals surface area contributed by atoms with Crippen molar-refractivity contribution in [1.29, 1.82) is 0 Å². The Balaban J connectivity index is 1.96. The highest BCUT2D eigenvalue weighted by atomic mass is 19.1. The van der Waals surface area contributed by atoms with E-state index < -0.39 is 0 Å². The second-order valence-corrected chi connectivity index (χ2v) is 7.43. The summed E-state index contributed by atoms with van der Waals surface area (Å²) in [5, 5.41) is 0. The monoisotopic (exact) mass is 372 g/mol. The lowest BCUT2D eigenvalue weighted by atomic mass is 10.2. The predicted octanol–water partition coefficient (Wildman–Crippen LogP) is 1.65. The molecule has 0 unspecified atom stereocenters. The van der Waals surface area contributed by atoms with E-state index >= 15 is 0 Å². The molecular formula is C19H23FN5O2+. The Kier molecular flexibility index (Phi) is 4.13. The number of hydrogen-bond donors (Lipinski definition) is 1. The maximum atomic E-state index is 13.3. The van der Waals surface area contributed by atoms with Crippen LogP contribution in [-0.4, -0.2) is 20.7 Å². The van der Waals surface area contributed by atoms with Gasteiger partial charge in [-0.15, -0.1) is 0 Å². The molecule has 1 aromatic carbocycles. The second kappa shape index (κ2) is 6.37. The van der Waals surface area contributed by atoms with Gasteiger partial charge in [0.2, 0.25) is 11.2 Å². The summed E-state index contributed by atoms with van der Waals surface area (Å²) in [5.41, 5.74) is 1.25. The van der Waals surface area contributed by atoms with Gasteiger partial charge in [-0.05, 0) is 30.2 Å². The summed E-state index contributed by atoms with van der Waals surface area (Å²) in [6, 6.07) is 6.27. The molecule has 3 heterocycles. The lowest BCUT2D eigenvalue weighted by Gasteiger charge is -2.22. The van der Waals surface area contributed by atoms with Crippen molar-refractivity contribution in [3.63, 3.8) is 0 Å². The van der Waals surface area contributed by atoms with Crippen molar-refractivity contribution in [2.75, 3.05) is 11.4 Å². The van der Waals surface area contributed by atoms with E-state index in [2.05, 4.69) is 4.98 Å². The van der Waals surface area contributed by atoms with Crippen LogP contribution in [0.5, 0.6) is 0 Å². The van der Waals surface area contributed by atoms with Crippen LogP contribution in [-0.2, 0) is 20.1 Å². The fourth-order valence-electron chi connectivity index (χ4n) is 3.74. The first-order chi connectivity index (χ1) is 12.9. The third-order valence-corrected chi connectivity index (χ3v) is 4.99. The quantitative estimate of drug-likeness (QED) is 0.711. The molecule has 0 aliphatic carbocycles. The zero-order valence-electron chi connectivity index (χ0n) is 15.7. The second-order valence-electron chi connectivity index (χ2n) is 7.43. The van der Waals surface area contributed by atoms with Crippen LogP contribution in [0.25, 0.3) is 11.2 Å². The number of benzene rings is 1. The Bertz CT molecular complexity index is 1120. The molecule has 3 aromatic rings. The van der Waals surface area contributed by atoms with Gasteiger partial charge in [-0.3, -0.25) is 13.9 Å². The number of rotatable bonds is 3. The fourth-order valence-corrected chi connectivity index (χ4v) is 3.74. The zero-order valence-corrected chi connectivity index (χ0v) is 15.7. The first kappa shape index (κ1) is 17.5. The molecule has 0 spiro atoms. The van der Waals surface area contributed by atoms with Crippen LogP contribution in [0.1, 0.15) is 20.3 Å². The molecule has 1 aliphatic rings. The lowest BCUT2D eigenvalue weighted by molar-refractivity contribution is -0.663. The molecule has 0 amide bonds. The molecule has 0 fully saturated rings. The number of H-pyrrole nitrogens is 1. The molecular weight excluding hydrogens is 349 g/mol. The topological polar surface area (TPSA) is 66.9 Å². The number of hydrogen-bond acceptors (Lipinski definition) is 3. The van der Waals surface area contributed by atoms with Gasteiger partial charge in [-0.2, -0.15) is 0 Å². The zero-order chi connectivity index (χ0) is 19.3. The molecule has 1 aliphatic heterocycles. The van der Waals surface area contributed by atoms with Gasteiger partial charge in [0, 0.05) is 20.0 Å². The van der Waals surface area contributed by atoms with E-state index in [1.165, 1.54) is 21.3 Å². The standard InChI is InChI=1S/C19H22FN5O2/c1-12(2)11-25-17(26)15-16(22(3)19(25)27)21-18-23(9-4-10-24(15)18)14-7-5-13(20)6-8-14/h5-8,12H,4,9-11H2,1-3H3/p+1. The number of anilines is 2. The van der Waals surface area contributed by atoms with Gasteiger partial charge >= 0.3 is 11.6 Å². The molecule has 0 bridgehead atoms. The normalized spacial score (nSPS) is 14.2. The average Bonchev–Trinajstić information content (AvgIpc) is 3.04. The Hall–Kier alpha value is -2.90. The maximum absolute atomic E-state index is 13.3. The van der Waals surface area contributed by atoms with Crippen molar-refractivity contribution in [3.8, 4) is 0 Å². The van der Waals surface area contributed by atoms with Gasteiger partial charge in [-0.25, -0.2) is 23.6 Å². The molecule has 27 heavy (non-hydrogen) atoms. The average molecular weight is 372 g/mol. The first-order valence-electron chi connectivity index (χ1n) is 9.17. The highest BCUT2D eigenvalue weighted by molar-refractivity contribution is 5.70. The molecule has 2 aromatic heterocycles. The maximum Gasteiger partial charge on any atom is 0.364 e. The number of aromatic nitrogens is 4. The summed E-state index contributed by atoms with van der Waals surface area (Å²) in [4.78, 5) is 31.0. The lowest BCUT2D eigenvalue weighted by Crippen LogP contribution is -2.49.